The third kappa shape index (κ3) is 4.11. The zero-order valence-electron chi connectivity index (χ0n) is 19.9. The van der Waals surface area contributed by atoms with Gasteiger partial charge in [-0.15, -0.1) is 0 Å². The van der Waals surface area contributed by atoms with Gasteiger partial charge in [-0.2, -0.15) is 0 Å². The SMILES string of the molecule is CCCOc1cccc(C2/C(=C(/O)c3ccc4c(c3)OCO4)C(=O)C(=O)N2c2cccc(OC)c2)c1. The molecule has 3 aromatic rings. The lowest BCUT2D eigenvalue weighted by molar-refractivity contribution is -0.132. The summed E-state index contributed by atoms with van der Waals surface area (Å²) in [6, 6.07) is 18.1. The highest BCUT2D eigenvalue weighted by molar-refractivity contribution is 6.51. The van der Waals surface area contributed by atoms with Crippen molar-refractivity contribution in [1.29, 1.82) is 0 Å². The maximum Gasteiger partial charge on any atom is 0.300 e. The van der Waals surface area contributed by atoms with E-state index in [1.54, 1.807) is 60.7 Å². The Morgan fingerprint density at radius 2 is 1.78 bits per heavy atom. The van der Waals surface area contributed by atoms with Crippen molar-refractivity contribution >= 4 is 23.1 Å². The van der Waals surface area contributed by atoms with E-state index in [0.717, 1.165) is 6.42 Å². The van der Waals surface area contributed by atoms with E-state index in [4.69, 9.17) is 18.9 Å². The van der Waals surface area contributed by atoms with Crippen LogP contribution in [-0.4, -0.2) is 37.3 Å². The minimum Gasteiger partial charge on any atom is -0.507 e. The van der Waals surface area contributed by atoms with E-state index in [0.29, 0.717) is 46.4 Å². The fraction of sp³-hybridized carbons (Fsp3) is 0.214. The number of carbonyl (C=O) groups is 2. The Morgan fingerprint density at radius 1 is 1.00 bits per heavy atom. The Balaban J connectivity index is 1.68. The molecule has 8 heteroatoms. The Bertz CT molecular complexity index is 1360. The summed E-state index contributed by atoms with van der Waals surface area (Å²) in [5.41, 5.74) is 1.39. The van der Waals surface area contributed by atoms with Gasteiger partial charge in [0.2, 0.25) is 6.79 Å². The number of amides is 1. The summed E-state index contributed by atoms with van der Waals surface area (Å²) in [6.45, 7) is 2.61. The van der Waals surface area contributed by atoms with Crippen LogP contribution in [0.4, 0.5) is 5.69 Å². The van der Waals surface area contributed by atoms with Crippen molar-refractivity contribution in [3.05, 3.63) is 83.4 Å². The lowest BCUT2D eigenvalue weighted by Crippen LogP contribution is -2.29. The molecule has 8 nitrogen and oxygen atoms in total. The first-order valence-electron chi connectivity index (χ1n) is 11.6. The zero-order valence-corrected chi connectivity index (χ0v) is 19.9. The van der Waals surface area contributed by atoms with Crippen LogP contribution in [0.3, 0.4) is 0 Å². The Morgan fingerprint density at radius 3 is 2.58 bits per heavy atom. The molecule has 2 aliphatic heterocycles. The minimum atomic E-state index is -0.896. The normalized spacial score (nSPS) is 17.9. The second-order valence-electron chi connectivity index (χ2n) is 8.36. The van der Waals surface area contributed by atoms with Crippen molar-refractivity contribution in [2.45, 2.75) is 19.4 Å². The van der Waals surface area contributed by atoms with Crippen LogP contribution >= 0.6 is 0 Å². The van der Waals surface area contributed by atoms with Gasteiger partial charge < -0.3 is 24.1 Å². The minimum absolute atomic E-state index is 0.0330. The first-order valence-corrected chi connectivity index (χ1v) is 11.6. The topological polar surface area (TPSA) is 94.5 Å². The molecule has 0 radical (unpaired) electrons. The molecule has 2 aliphatic rings. The number of Topliss-reactive ketones (excluding diaryl/α,β-unsaturated/α-hetero) is 1. The predicted molar refractivity (Wildman–Crippen MR) is 133 cm³/mol. The maximum absolute atomic E-state index is 13.4. The molecule has 1 amide bonds. The van der Waals surface area contributed by atoms with E-state index in [2.05, 4.69) is 0 Å². The number of carbonyl (C=O) groups excluding carboxylic acids is 2. The first-order chi connectivity index (χ1) is 17.5. The van der Waals surface area contributed by atoms with Gasteiger partial charge in [-0.25, -0.2) is 0 Å². The molecule has 0 spiro atoms. The molecular weight excluding hydrogens is 462 g/mol. The number of anilines is 1. The molecule has 1 saturated heterocycles. The van der Waals surface area contributed by atoms with E-state index in [9.17, 15) is 14.7 Å². The number of nitrogens with zero attached hydrogens (tertiary/aromatic N) is 1. The summed E-state index contributed by atoms with van der Waals surface area (Å²) in [4.78, 5) is 28.2. The molecule has 5 rings (SSSR count). The molecule has 0 aliphatic carbocycles. The van der Waals surface area contributed by atoms with E-state index in [-0.39, 0.29) is 18.1 Å². The predicted octanol–water partition coefficient (Wildman–Crippen LogP) is 4.84. The lowest BCUT2D eigenvalue weighted by Gasteiger charge is -2.26. The number of hydrogen-bond donors (Lipinski definition) is 1. The monoisotopic (exact) mass is 487 g/mol. The van der Waals surface area contributed by atoms with Crippen LogP contribution in [0.25, 0.3) is 5.76 Å². The van der Waals surface area contributed by atoms with Crippen molar-refractivity contribution in [2.75, 3.05) is 25.4 Å². The number of methoxy groups -OCH3 is 1. The molecular formula is C28H25NO7. The summed E-state index contributed by atoms with van der Waals surface area (Å²) in [5.74, 6) is 0.279. The highest BCUT2D eigenvalue weighted by Crippen LogP contribution is 2.44. The molecule has 3 aromatic carbocycles. The molecule has 0 bridgehead atoms. The molecule has 1 unspecified atom stereocenters. The van der Waals surface area contributed by atoms with Gasteiger partial charge in [0, 0.05) is 17.3 Å². The number of aliphatic hydroxyl groups is 1. The Kier molecular flexibility index (Phi) is 6.25. The molecule has 2 heterocycles. The average molecular weight is 488 g/mol. The molecule has 184 valence electrons. The van der Waals surface area contributed by atoms with Crippen molar-refractivity contribution in [3.63, 3.8) is 0 Å². The summed E-state index contributed by atoms with van der Waals surface area (Å²) < 4.78 is 21.9. The fourth-order valence-corrected chi connectivity index (χ4v) is 4.37. The van der Waals surface area contributed by atoms with Crippen molar-refractivity contribution in [1.82, 2.24) is 0 Å². The number of ketones is 1. The first kappa shape index (κ1) is 23.3. The van der Waals surface area contributed by atoms with Crippen LogP contribution in [0, 0.1) is 0 Å². The second-order valence-corrected chi connectivity index (χ2v) is 8.36. The van der Waals surface area contributed by atoms with Crippen LogP contribution in [0.15, 0.2) is 72.3 Å². The van der Waals surface area contributed by atoms with E-state index in [1.807, 2.05) is 13.0 Å². The average Bonchev–Trinajstić information content (AvgIpc) is 3.49. The van der Waals surface area contributed by atoms with Gasteiger partial charge in [-0.05, 0) is 54.4 Å². The lowest BCUT2D eigenvalue weighted by atomic mass is 9.95. The van der Waals surface area contributed by atoms with Crippen molar-refractivity contribution < 1.29 is 33.6 Å². The Hall–Kier alpha value is -4.46. The molecule has 36 heavy (non-hydrogen) atoms. The largest absolute Gasteiger partial charge is 0.507 e. The Labute approximate surface area is 208 Å². The highest BCUT2D eigenvalue weighted by atomic mass is 16.7. The number of fused-ring (bicyclic) bond motifs is 1. The van der Waals surface area contributed by atoms with Gasteiger partial charge in [-0.1, -0.05) is 25.1 Å². The quantitative estimate of drug-likeness (QED) is 0.290. The van der Waals surface area contributed by atoms with Gasteiger partial charge in [0.15, 0.2) is 11.5 Å². The van der Waals surface area contributed by atoms with Crippen LogP contribution in [-0.2, 0) is 9.59 Å². The molecule has 1 atom stereocenters. The van der Waals surface area contributed by atoms with Crippen LogP contribution < -0.4 is 23.8 Å². The second kappa shape index (κ2) is 9.65. The highest BCUT2D eigenvalue weighted by Gasteiger charge is 2.47. The number of rotatable bonds is 7. The third-order valence-corrected chi connectivity index (χ3v) is 6.07. The number of benzene rings is 3. The fourth-order valence-electron chi connectivity index (χ4n) is 4.37. The number of aliphatic hydroxyl groups excluding tert-OH is 1. The summed E-state index contributed by atoms with van der Waals surface area (Å²) in [5, 5.41) is 11.4. The smallest absolute Gasteiger partial charge is 0.300 e. The maximum atomic E-state index is 13.4. The van der Waals surface area contributed by atoms with E-state index >= 15 is 0 Å². The van der Waals surface area contributed by atoms with Gasteiger partial charge >= 0.3 is 0 Å². The van der Waals surface area contributed by atoms with Crippen LogP contribution in [0.5, 0.6) is 23.0 Å². The summed E-state index contributed by atoms with van der Waals surface area (Å²) in [7, 11) is 1.53. The van der Waals surface area contributed by atoms with Gasteiger partial charge in [0.1, 0.15) is 17.3 Å². The number of ether oxygens (including phenoxy) is 4. The van der Waals surface area contributed by atoms with E-state index in [1.165, 1.54) is 12.0 Å². The number of hydrogen-bond acceptors (Lipinski definition) is 7. The summed E-state index contributed by atoms with van der Waals surface area (Å²) >= 11 is 0. The van der Waals surface area contributed by atoms with Gasteiger partial charge in [0.05, 0.1) is 25.3 Å². The molecule has 0 saturated carbocycles. The molecule has 1 fully saturated rings. The van der Waals surface area contributed by atoms with E-state index < -0.39 is 17.7 Å². The molecule has 0 aromatic heterocycles. The molecule has 1 N–H and O–H groups in total. The van der Waals surface area contributed by atoms with Crippen LogP contribution in [0.2, 0.25) is 0 Å². The third-order valence-electron chi connectivity index (χ3n) is 6.07. The van der Waals surface area contributed by atoms with Crippen LogP contribution in [0.1, 0.15) is 30.5 Å². The van der Waals surface area contributed by atoms with Gasteiger partial charge in [0.25, 0.3) is 11.7 Å². The van der Waals surface area contributed by atoms with Gasteiger partial charge in [-0.3, -0.25) is 14.5 Å². The standard InChI is InChI=1S/C28H25NO7/c1-3-12-34-21-9-4-6-17(13-21)25-24(26(30)18-10-11-22-23(14-18)36-16-35-22)27(31)28(32)29(25)19-7-5-8-20(15-19)33-2/h4-11,13-15,25,30H,3,12,16H2,1-2H3/b26-24-. The van der Waals surface area contributed by atoms with Crippen molar-refractivity contribution in [2.24, 2.45) is 0 Å². The summed E-state index contributed by atoms with van der Waals surface area (Å²) in [6.07, 6.45) is 0.830. The zero-order chi connectivity index (χ0) is 25.2. The van der Waals surface area contributed by atoms with Crippen molar-refractivity contribution in [3.8, 4) is 23.0 Å².